The highest BCUT2D eigenvalue weighted by atomic mass is 32.1. The summed E-state index contributed by atoms with van der Waals surface area (Å²) in [7, 11) is 2.01. The lowest BCUT2D eigenvalue weighted by molar-refractivity contribution is 0.970. The van der Waals surface area contributed by atoms with E-state index < -0.39 is 0 Å². The number of hydrogen-bond donors (Lipinski definition) is 1. The Balaban J connectivity index is 2.02. The van der Waals surface area contributed by atoms with Crippen molar-refractivity contribution in [2.45, 2.75) is 0 Å². The molecule has 3 rings (SSSR count). The molecule has 0 atom stereocenters. The van der Waals surface area contributed by atoms with Crippen molar-refractivity contribution < 1.29 is 0 Å². The molecule has 4 nitrogen and oxygen atoms in total. The zero-order valence-corrected chi connectivity index (χ0v) is 10.5. The second kappa shape index (κ2) is 4.17. The van der Waals surface area contributed by atoms with Gasteiger partial charge in [0.25, 0.3) is 0 Å². The Kier molecular flexibility index (Phi) is 2.50. The maximum Gasteiger partial charge on any atom is 0.188 e. The van der Waals surface area contributed by atoms with Crippen LogP contribution in [0.1, 0.15) is 4.88 Å². The molecular formula is C13H10N4S. The lowest BCUT2D eigenvalue weighted by atomic mass is 10.2. The van der Waals surface area contributed by atoms with Crippen LogP contribution in [0.4, 0.5) is 10.8 Å². The molecule has 1 N–H and O–H groups in total. The summed E-state index contributed by atoms with van der Waals surface area (Å²) < 4.78 is 2.07. The number of aryl methyl sites for hydroxylation is 1. The first-order valence-corrected chi connectivity index (χ1v) is 6.26. The lowest BCUT2D eigenvalue weighted by Gasteiger charge is -1.98. The SMILES string of the molecule is Cn1cc(Nc2ncc(C#N)s2)c2ccccc21. The molecule has 5 heteroatoms. The molecule has 0 aliphatic rings. The first kappa shape index (κ1) is 10.8. The fourth-order valence-corrected chi connectivity index (χ4v) is 2.57. The van der Waals surface area contributed by atoms with Crippen molar-refractivity contribution in [3.8, 4) is 6.07 Å². The molecular weight excluding hydrogens is 244 g/mol. The molecule has 88 valence electrons. The van der Waals surface area contributed by atoms with Gasteiger partial charge in [-0.3, -0.25) is 0 Å². The summed E-state index contributed by atoms with van der Waals surface area (Å²) in [6.07, 6.45) is 3.61. The van der Waals surface area contributed by atoms with Crippen molar-refractivity contribution in [1.82, 2.24) is 9.55 Å². The molecule has 2 aromatic heterocycles. The van der Waals surface area contributed by atoms with Gasteiger partial charge in [-0.05, 0) is 6.07 Å². The summed E-state index contributed by atoms with van der Waals surface area (Å²) in [5.41, 5.74) is 2.17. The maximum absolute atomic E-state index is 8.78. The zero-order valence-electron chi connectivity index (χ0n) is 9.71. The van der Waals surface area contributed by atoms with Gasteiger partial charge in [0.1, 0.15) is 10.9 Å². The van der Waals surface area contributed by atoms with Crippen LogP contribution in [0.5, 0.6) is 0 Å². The molecule has 0 radical (unpaired) electrons. The van der Waals surface area contributed by atoms with Crippen LogP contribution in [0.15, 0.2) is 36.7 Å². The molecule has 18 heavy (non-hydrogen) atoms. The van der Waals surface area contributed by atoms with E-state index in [2.05, 4.69) is 33.1 Å². The Hall–Kier alpha value is -2.32. The standard InChI is InChI=1S/C13H10N4S/c1-17-8-11(10-4-2-3-5-12(10)17)16-13-15-7-9(6-14)18-13/h2-5,7-8H,1H3,(H,15,16). The number of benzene rings is 1. The Bertz CT molecular complexity index is 748. The van der Waals surface area contributed by atoms with Crippen molar-refractivity contribution in [2.75, 3.05) is 5.32 Å². The molecule has 1 aromatic carbocycles. The van der Waals surface area contributed by atoms with E-state index in [1.54, 1.807) is 6.20 Å². The van der Waals surface area contributed by atoms with Crippen LogP contribution >= 0.6 is 11.3 Å². The number of thiazole rings is 1. The first-order valence-electron chi connectivity index (χ1n) is 5.45. The monoisotopic (exact) mass is 254 g/mol. The molecule has 0 bridgehead atoms. The van der Waals surface area contributed by atoms with Gasteiger partial charge < -0.3 is 9.88 Å². The zero-order chi connectivity index (χ0) is 12.5. The highest BCUT2D eigenvalue weighted by Crippen LogP contribution is 2.29. The van der Waals surface area contributed by atoms with Gasteiger partial charge in [-0.15, -0.1) is 0 Å². The van der Waals surface area contributed by atoms with Crippen molar-refractivity contribution in [2.24, 2.45) is 7.05 Å². The van der Waals surface area contributed by atoms with E-state index in [-0.39, 0.29) is 0 Å². The molecule has 0 aliphatic carbocycles. The Morgan fingerprint density at radius 2 is 2.22 bits per heavy atom. The van der Waals surface area contributed by atoms with E-state index in [4.69, 9.17) is 5.26 Å². The predicted molar refractivity (Wildman–Crippen MR) is 73.0 cm³/mol. The molecule has 3 aromatic rings. The van der Waals surface area contributed by atoms with E-state index in [1.807, 2.05) is 25.4 Å². The highest BCUT2D eigenvalue weighted by Gasteiger charge is 2.08. The quantitative estimate of drug-likeness (QED) is 0.763. The summed E-state index contributed by atoms with van der Waals surface area (Å²) in [6.45, 7) is 0. The number of nitrogens with zero attached hydrogens (tertiary/aromatic N) is 3. The second-order valence-electron chi connectivity index (χ2n) is 3.94. The molecule has 0 spiro atoms. The predicted octanol–water partition coefficient (Wildman–Crippen LogP) is 3.25. The van der Waals surface area contributed by atoms with Crippen molar-refractivity contribution in [3.63, 3.8) is 0 Å². The molecule has 0 aliphatic heterocycles. The number of fused-ring (bicyclic) bond motifs is 1. The third-order valence-electron chi connectivity index (χ3n) is 2.75. The topological polar surface area (TPSA) is 53.6 Å². The summed E-state index contributed by atoms with van der Waals surface area (Å²) in [5.74, 6) is 0. The molecule has 0 unspecified atom stereocenters. The van der Waals surface area contributed by atoms with E-state index in [0.717, 1.165) is 21.7 Å². The fourth-order valence-electron chi connectivity index (χ4n) is 1.94. The minimum Gasteiger partial charge on any atom is -0.348 e. The van der Waals surface area contributed by atoms with Crippen LogP contribution in [-0.4, -0.2) is 9.55 Å². The second-order valence-corrected chi connectivity index (χ2v) is 4.97. The van der Waals surface area contributed by atoms with Crippen molar-refractivity contribution in [1.29, 1.82) is 5.26 Å². The minimum absolute atomic E-state index is 0.609. The Labute approximate surface area is 108 Å². The van der Waals surface area contributed by atoms with Gasteiger partial charge in [-0.1, -0.05) is 29.5 Å². The fraction of sp³-hybridized carbons (Fsp3) is 0.0769. The number of anilines is 2. The van der Waals surface area contributed by atoms with Crippen molar-refractivity contribution >= 4 is 33.1 Å². The molecule has 2 heterocycles. The molecule has 0 saturated carbocycles. The van der Waals surface area contributed by atoms with E-state index in [9.17, 15) is 0 Å². The van der Waals surface area contributed by atoms with Crippen molar-refractivity contribution in [3.05, 3.63) is 41.5 Å². The number of aromatic nitrogens is 2. The third kappa shape index (κ3) is 1.73. The van der Waals surface area contributed by atoms with Crippen LogP contribution in [-0.2, 0) is 7.05 Å². The van der Waals surface area contributed by atoms with Gasteiger partial charge in [-0.25, -0.2) is 4.98 Å². The van der Waals surface area contributed by atoms with Crippen LogP contribution in [0.2, 0.25) is 0 Å². The summed E-state index contributed by atoms with van der Waals surface area (Å²) in [4.78, 5) is 4.78. The number of rotatable bonds is 2. The van der Waals surface area contributed by atoms with Gasteiger partial charge in [0, 0.05) is 24.1 Å². The molecule has 0 amide bonds. The smallest absolute Gasteiger partial charge is 0.188 e. The van der Waals surface area contributed by atoms with E-state index >= 15 is 0 Å². The molecule has 0 saturated heterocycles. The minimum atomic E-state index is 0.609. The average molecular weight is 254 g/mol. The van der Waals surface area contributed by atoms with Gasteiger partial charge in [0.2, 0.25) is 0 Å². The highest BCUT2D eigenvalue weighted by molar-refractivity contribution is 7.16. The van der Waals surface area contributed by atoms with Crippen LogP contribution in [0.25, 0.3) is 10.9 Å². The van der Waals surface area contributed by atoms with E-state index in [1.165, 1.54) is 11.3 Å². The Morgan fingerprint density at radius 3 is 3.00 bits per heavy atom. The van der Waals surface area contributed by atoms with Gasteiger partial charge >= 0.3 is 0 Å². The van der Waals surface area contributed by atoms with E-state index in [0.29, 0.717) is 4.88 Å². The third-order valence-corrected chi connectivity index (χ3v) is 3.57. The Morgan fingerprint density at radius 1 is 1.39 bits per heavy atom. The maximum atomic E-state index is 8.78. The largest absolute Gasteiger partial charge is 0.348 e. The number of para-hydroxylation sites is 1. The normalized spacial score (nSPS) is 10.4. The number of nitrogens with one attached hydrogen (secondary N) is 1. The summed E-state index contributed by atoms with van der Waals surface area (Å²) in [6, 6.07) is 10.3. The van der Waals surface area contributed by atoms with Crippen LogP contribution in [0.3, 0.4) is 0 Å². The molecule has 0 fully saturated rings. The number of hydrogen-bond acceptors (Lipinski definition) is 4. The number of nitriles is 1. The van der Waals surface area contributed by atoms with Gasteiger partial charge in [0.05, 0.1) is 11.9 Å². The first-order chi connectivity index (χ1) is 8.78. The van der Waals surface area contributed by atoms with Crippen LogP contribution in [0, 0.1) is 11.3 Å². The van der Waals surface area contributed by atoms with Gasteiger partial charge in [0.15, 0.2) is 5.13 Å². The van der Waals surface area contributed by atoms with Gasteiger partial charge in [-0.2, -0.15) is 5.26 Å². The lowest BCUT2D eigenvalue weighted by Crippen LogP contribution is -1.87. The average Bonchev–Trinajstić information content (AvgIpc) is 2.97. The van der Waals surface area contributed by atoms with Crippen LogP contribution < -0.4 is 5.32 Å². The summed E-state index contributed by atoms with van der Waals surface area (Å²) in [5, 5.41) is 13.9. The summed E-state index contributed by atoms with van der Waals surface area (Å²) >= 11 is 1.35.